The minimum Gasteiger partial charge on any atom is -0.493 e. The number of sulfonamides is 1. The number of aromatic nitrogens is 1. The van der Waals surface area contributed by atoms with Crippen LogP contribution in [-0.4, -0.2) is 47.4 Å². The van der Waals surface area contributed by atoms with Gasteiger partial charge in [-0.15, -0.1) is 0 Å². The quantitative estimate of drug-likeness (QED) is 0.233. The smallest absolute Gasteiger partial charge is 0.238 e. The number of halogens is 1. The van der Waals surface area contributed by atoms with Crippen LogP contribution in [0.4, 0.5) is 4.39 Å². The summed E-state index contributed by atoms with van der Waals surface area (Å²) < 4.78 is 62.1. The van der Waals surface area contributed by atoms with E-state index in [0.29, 0.717) is 61.1 Å². The van der Waals surface area contributed by atoms with Crippen molar-refractivity contribution < 1.29 is 31.4 Å². The van der Waals surface area contributed by atoms with E-state index >= 15 is 0 Å². The van der Waals surface area contributed by atoms with Crippen molar-refractivity contribution in [2.75, 3.05) is 34.0 Å². The topological polar surface area (TPSA) is 126 Å². The van der Waals surface area contributed by atoms with E-state index in [4.69, 9.17) is 28.8 Å². The first-order valence-corrected chi connectivity index (χ1v) is 15.6. The third-order valence-electron chi connectivity index (χ3n) is 8.10. The molecule has 11 heteroatoms. The number of hydrogen-bond donors (Lipinski definition) is 2. The summed E-state index contributed by atoms with van der Waals surface area (Å²) in [7, 11) is -0.399. The number of nitrogens with one attached hydrogen (secondary N) is 1. The Bertz CT molecular complexity index is 1650. The minimum absolute atomic E-state index is 0.00297. The van der Waals surface area contributed by atoms with Crippen molar-refractivity contribution in [1.29, 1.82) is 0 Å². The van der Waals surface area contributed by atoms with Gasteiger partial charge in [0.1, 0.15) is 17.3 Å². The number of methoxy groups -OCH3 is 1. The molecule has 1 atom stereocenters. The summed E-state index contributed by atoms with van der Waals surface area (Å²) in [6, 6.07) is 20.4. The highest BCUT2D eigenvalue weighted by Crippen LogP contribution is 2.39. The average Bonchev–Trinajstić information content (AvgIpc) is 3.47. The zero-order chi connectivity index (χ0) is 30.7. The van der Waals surface area contributed by atoms with Crippen LogP contribution in [0.5, 0.6) is 5.75 Å². The molecule has 0 bridgehead atoms. The van der Waals surface area contributed by atoms with Crippen LogP contribution in [0, 0.1) is 5.82 Å². The maximum atomic E-state index is 14.7. The highest BCUT2D eigenvalue weighted by atomic mass is 32.2. The Balaban J connectivity index is 1.41. The van der Waals surface area contributed by atoms with Crippen LogP contribution in [0.15, 0.2) is 82.1 Å². The number of primary sulfonamides is 1. The molecule has 1 aliphatic rings. The highest BCUT2D eigenvalue weighted by molar-refractivity contribution is 7.89. The Morgan fingerprint density at radius 3 is 2.37 bits per heavy atom. The summed E-state index contributed by atoms with van der Waals surface area (Å²) in [5.74, 6) is 0.915. The monoisotopic (exact) mass is 609 g/mol. The van der Waals surface area contributed by atoms with E-state index < -0.39 is 27.0 Å². The molecule has 4 aromatic rings. The molecule has 2 heterocycles. The van der Waals surface area contributed by atoms with Gasteiger partial charge in [-0.25, -0.2) is 22.9 Å². The number of benzene rings is 3. The van der Waals surface area contributed by atoms with Gasteiger partial charge in [0, 0.05) is 56.8 Å². The van der Waals surface area contributed by atoms with Gasteiger partial charge < -0.3 is 23.9 Å². The summed E-state index contributed by atoms with van der Waals surface area (Å²) in [4.78, 5) is 4.89. The van der Waals surface area contributed by atoms with Crippen molar-refractivity contribution in [2.45, 2.75) is 42.2 Å². The van der Waals surface area contributed by atoms with E-state index in [9.17, 15) is 12.8 Å². The molecule has 3 N–H and O–H groups in total. The van der Waals surface area contributed by atoms with Crippen LogP contribution < -0.4 is 15.2 Å². The first kappa shape index (κ1) is 30.8. The van der Waals surface area contributed by atoms with Crippen molar-refractivity contribution >= 4 is 10.0 Å². The predicted molar refractivity (Wildman–Crippen MR) is 160 cm³/mol. The summed E-state index contributed by atoms with van der Waals surface area (Å²) in [5, 5.41) is 8.59. The lowest BCUT2D eigenvalue weighted by atomic mass is 9.86. The molecular weight excluding hydrogens is 573 g/mol. The Labute approximate surface area is 251 Å². The van der Waals surface area contributed by atoms with Gasteiger partial charge in [-0.3, -0.25) is 0 Å². The molecule has 0 saturated carbocycles. The van der Waals surface area contributed by atoms with E-state index in [1.54, 1.807) is 26.3 Å². The lowest BCUT2D eigenvalue weighted by Gasteiger charge is -2.36. The lowest BCUT2D eigenvalue weighted by Crippen LogP contribution is -2.38. The minimum atomic E-state index is -3.84. The van der Waals surface area contributed by atoms with Crippen molar-refractivity contribution in [3.05, 3.63) is 90.1 Å². The van der Waals surface area contributed by atoms with E-state index in [2.05, 4.69) is 5.32 Å². The fourth-order valence-corrected chi connectivity index (χ4v) is 5.79. The van der Waals surface area contributed by atoms with Crippen molar-refractivity contribution in [2.24, 2.45) is 5.14 Å². The molecule has 0 amide bonds. The standard InChI is InChI=1S/C32H36FN3O6S/c1-31(35-2,13-18-41-26-20-24(19-25(33)21-26)32(39-3)14-16-40-17-15-32)30-36-28(22-7-5-4-6-8-22)29(42-30)23-9-11-27(12-10-23)43(34,37)38/h4-12,19-21,35H,13-18H2,1-3H3,(H2,34,37,38). The molecule has 9 nitrogen and oxygen atoms in total. The largest absolute Gasteiger partial charge is 0.493 e. The summed E-state index contributed by atoms with van der Waals surface area (Å²) in [6.07, 6.45) is 1.70. The van der Waals surface area contributed by atoms with E-state index in [1.807, 2.05) is 43.3 Å². The molecule has 1 aromatic heterocycles. The average molecular weight is 610 g/mol. The molecule has 1 unspecified atom stereocenters. The van der Waals surface area contributed by atoms with E-state index in [-0.39, 0.29) is 11.5 Å². The highest BCUT2D eigenvalue weighted by Gasteiger charge is 2.36. The Morgan fingerprint density at radius 1 is 1.05 bits per heavy atom. The van der Waals surface area contributed by atoms with Gasteiger partial charge in [-0.2, -0.15) is 0 Å². The van der Waals surface area contributed by atoms with Gasteiger partial charge in [-0.1, -0.05) is 30.3 Å². The van der Waals surface area contributed by atoms with E-state index in [1.165, 1.54) is 24.3 Å². The zero-order valence-electron chi connectivity index (χ0n) is 24.4. The van der Waals surface area contributed by atoms with Crippen molar-refractivity contribution in [1.82, 2.24) is 10.3 Å². The van der Waals surface area contributed by atoms with Crippen LogP contribution in [0.2, 0.25) is 0 Å². The van der Waals surface area contributed by atoms with E-state index in [0.717, 1.165) is 11.1 Å². The Kier molecular flexibility index (Phi) is 9.00. The second-order valence-electron chi connectivity index (χ2n) is 10.8. The molecule has 1 aliphatic heterocycles. The molecule has 5 rings (SSSR count). The lowest BCUT2D eigenvalue weighted by molar-refractivity contribution is -0.0950. The fraction of sp³-hybridized carbons (Fsp3) is 0.344. The van der Waals surface area contributed by atoms with Gasteiger partial charge in [0.05, 0.1) is 22.6 Å². The third-order valence-corrected chi connectivity index (χ3v) is 9.03. The first-order valence-electron chi connectivity index (χ1n) is 14.0. The van der Waals surface area contributed by atoms with Gasteiger partial charge >= 0.3 is 0 Å². The van der Waals surface area contributed by atoms with Crippen LogP contribution in [-0.2, 0) is 30.6 Å². The van der Waals surface area contributed by atoms with Crippen LogP contribution in [0.1, 0.15) is 37.6 Å². The number of oxazole rings is 1. The fourth-order valence-electron chi connectivity index (χ4n) is 5.27. The second-order valence-corrected chi connectivity index (χ2v) is 12.4. The number of rotatable bonds is 11. The third kappa shape index (κ3) is 6.66. The van der Waals surface area contributed by atoms with Gasteiger partial charge in [0.25, 0.3) is 0 Å². The van der Waals surface area contributed by atoms with Crippen LogP contribution in [0.25, 0.3) is 22.6 Å². The van der Waals surface area contributed by atoms with Gasteiger partial charge in [-0.05, 0) is 55.9 Å². The number of hydrogen-bond acceptors (Lipinski definition) is 8. The second kappa shape index (κ2) is 12.6. The Hall–Kier alpha value is -3.61. The molecular formula is C32H36FN3O6S. The summed E-state index contributed by atoms with van der Waals surface area (Å²) in [6.45, 7) is 3.27. The number of ether oxygens (including phenoxy) is 3. The molecule has 0 spiro atoms. The predicted octanol–water partition coefficient (Wildman–Crippen LogP) is 5.35. The van der Waals surface area contributed by atoms with Gasteiger partial charge in [0.2, 0.25) is 15.9 Å². The molecule has 1 fully saturated rings. The maximum absolute atomic E-state index is 14.7. The molecule has 43 heavy (non-hydrogen) atoms. The maximum Gasteiger partial charge on any atom is 0.238 e. The molecule has 3 aromatic carbocycles. The summed E-state index contributed by atoms with van der Waals surface area (Å²) in [5.41, 5.74) is 1.44. The van der Waals surface area contributed by atoms with Gasteiger partial charge in [0.15, 0.2) is 5.76 Å². The van der Waals surface area contributed by atoms with Crippen molar-refractivity contribution in [3.8, 4) is 28.3 Å². The molecule has 0 radical (unpaired) electrons. The molecule has 228 valence electrons. The normalized spacial score (nSPS) is 16.5. The molecule has 1 saturated heterocycles. The van der Waals surface area contributed by atoms with Crippen LogP contribution >= 0.6 is 0 Å². The number of nitrogens with zero attached hydrogens (tertiary/aromatic N) is 1. The summed E-state index contributed by atoms with van der Waals surface area (Å²) >= 11 is 0. The molecule has 0 aliphatic carbocycles. The Morgan fingerprint density at radius 2 is 1.74 bits per heavy atom. The first-order chi connectivity index (χ1) is 20.6. The zero-order valence-corrected chi connectivity index (χ0v) is 25.2. The SMILES string of the molecule is CNC(C)(CCOc1cc(F)cc(C2(OC)CCOCC2)c1)c1nc(-c2ccccc2)c(-c2ccc(S(N)(=O)=O)cc2)o1. The van der Waals surface area contributed by atoms with Crippen molar-refractivity contribution in [3.63, 3.8) is 0 Å². The number of nitrogens with two attached hydrogens (primary N) is 1. The van der Waals surface area contributed by atoms with Crippen LogP contribution in [0.3, 0.4) is 0 Å².